The highest BCUT2D eigenvalue weighted by Crippen LogP contribution is 2.34. The number of thiazole rings is 1. The summed E-state index contributed by atoms with van der Waals surface area (Å²) >= 11 is 1.18. The first-order valence-corrected chi connectivity index (χ1v) is 11.8. The lowest BCUT2D eigenvalue weighted by molar-refractivity contribution is -0.139. The number of carbonyl (C=O) groups excluding carboxylic acids is 1. The number of hydrogen-bond donors (Lipinski definition) is 2. The van der Waals surface area contributed by atoms with Gasteiger partial charge in [-0.15, -0.1) is 11.3 Å². The Morgan fingerprint density at radius 3 is 2.36 bits per heavy atom. The van der Waals surface area contributed by atoms with Gasteiger partial charge in [0, 0.05) is 10.4 Å². The fourth-order valence-corrected chi connectivity index (χ4v) is 5.23. The zero-order chi connectivity index (χ0) is 24.4. The smallest absolute Gasteiger partial charge is 0.417 e. The van der Waals surface area contributed by atoms with Crippen molar-refractivity contribution < 1.29 is 31.1 Å². The summed E-state index contributed by atoms with van der Waals surface area (Å²) in [5.41, 5.74) is 0.109. The number of nitrogens with one attached hydrogen (secondary N) is 2. The Hall–Kier alpha value is -2.96. The molecule has 0 saturated heterocycles. The highest BCUT2D eigenvalue weighted by molar-refractivity contribution is 7.89. The molecule has 1 heterocycles. The fraction of sp³-hybridized carbons (Fsp3) is 0.238. The second-order valence-electron chi connectivity index (χ2n) is 6.98. The molecule has 0 aliphatic rings. The highest BCUT2D eigenvalue weighted by Gasteiger charge is 2.37. The molecule has 3 rings (SSSR count). The van der Waals surface area contributed by atoms with Crippen LogP contribution in [0.1, 0.15) is 17.4 Å². The van der Waals surface area contributed by atoms with Crippen molar-refractivity contribution in [2.24, 2.45) is 0 Å². The molecule has 1 amide bonds. The molecular formula is C21H20F3N3O4S2. The summed E-state index contributed by atoms with van der Waals surface area (Å²) < 4.78 is 71.8. The third-order valence-electron chi connectivity index (χ3n) is 4.60. The number of nitrogens with zero attached hydrogens (tertiary/aromatic N) is 1. The number of hydrogen-bond acceptors (Lipinski definition) is 6. The van der Waals surface area contributed by atoms with Crippen LogP contribution in [0.3, 0.4) is 0 Å². The minimum atomic E-state index is -4.87. The number of amides is 1. The van der Waals surface area contributed by atoms with E-state index < -0.39 is 38.6 Å². The van der Waals surface area contributed by atoms with Crippen LogP contribution < -0.4 is 14.8 Å². The summed E-state index contributed by atoms with van der Waals surface area (Å²) in [6, 6.07) is 9.55. The third-order valence-corrected chi connectivity index (χ3v) is 7.08. The molecule has 1 aromatic heterocycles. The predicted octanol–water partition coefficient (Wildman–Crippen LogP) is 4.45. The van der Waals surface area contributed by atoms with Crippen molar-refractivity contribution >= 4 is 32.4 Å². The number of benzene rings is 2. The summed E-state index contributed by atoms with van der Waals surface area (Å²) in [6.07, 6.45) is -4.87. The lowest BCUT2D eigenvalue weighted by Gasteiger charge is -2.16. The zero-order valence-electron chi connectivity index (χ0n) is 17.7. The molecule has 0 bridgehead atoms. The van der Waals surface area contributed by atoms with Crippen LogP contribution in [0.15, 0.2) is 53.4 Å². The van der Waals surface area contributed by atoms with Gasteiger partial charge >= 0.3 is 6.18 Å². The molecule has 33 heavy (non-hydrogen) atoms. The third kappa shape index (κ3) is 5.70. The number of halogens is 3. The maximum atomic E-state index is 13.2. The van der Waals surface area contributed by atoms with Gasteiger partial charge in [-0.3, -0.25) is 4.79 Å². The molecule has 176 valence electrons. The molecule has 7 nitrogen and oxygen atoms in total. The average molecular weight is 500 g/mol. The molecule has 0 fully saturated rings. The van der Waals surface area contributed by atoms with Crippen molar-refractivity contribution in [2.75, 3.05) is 12.4 Å². The summed E-state index contributed by atoms with van der Waals surface area (Å²) in [7, 11) is -3.07. The molecule has 0 saturated carbocycles. The van der Waals surface area contributed by atoms with E-state index in [1.54, 1.807) is 31.4 Å². The van der Waals surface area contributed by atoms with Gasteiger partial charge in [-0.2, -0.15) is 17.9 Å². The fourth-order valence-electron chi connectivity index (χ4n) is 2.97. The monoisotopic (exact) mass is 499 g/mol. The van der Waals surface area contributed by atoms with E-state index in [2.05, 4.69) is 10.3 Å². The summed E-state index contributed by atoms with van der Waals surface area (Å²) in [5, 5.41) is 2.74. The number of carbonyl (C=O) groups is 1. The standard InChI is InChI=1S/C21H20F3N3O4S2/c1-12(27-33(29,30)17-7-5-4-6-16(17)21(22,23)24)19(28)26-20-25-18(13(2)32-20)14-8-10-15(31-3)11-9-14/h4-12,27H,1-3H3,(H,25,26,28). The topological polar surface area (TPSA) is 97.4 Å². The highest BCUT2D eigenvalue weighted by atomic mass is 32.2. The Balaban J connectivity index is 1.75. The van der Waals surface area contributed by atoms with Gasteiger partial charge in [0.25, 0.3) is 0 Å². The van der Waals surface area contributed by atoms with Crippen LogP contribution in [-0.4, -0.2) is 32.5 Å². The molecule has 12 heteroatoms. The molecule has 0 aliphatic carbocycles. The number of methoxy groups -OCH3 is 1. The zero-order valence-corrected chi connectivity index (χ0v) is 19.4. The molecule has 2 aromatic carbocycles. The van der Waals surface area contributed by atoms with Crippen molar-refractivity contribution in [1.82, 2.24) is 9.71 Å². The number of aryl methyl sites for hydroxylation is 1. The number of anilines is 1. The van der Waals surface area contributed by atoms with E-state index in [-0.39, 0.29) is 5.13 Å². The van der Waals surface area contributed by atoms with E-state index in [1.807, 2.05) is 11.6 Å². The van der Waals surface area contributed by atoms with E-state index in [0.717, 1.165) is 22.6 Å². The van der Waals surface area contributed by atoms with Crippen molar-refractivity contribution in [3.8, 4) is 17.0 Å². The van der Waals surface area contributed by atoms with Gasteiger partial charge in [0.1, 0.15) is 5.75 Å². The van der Waals surface area contributed by atoms with Crippen molar-refractivity contribution in [3.05, 3.63) is 59.0 Å². The Labute approximate surface area is 192 Å². The quantitative estimate of drug-likeness (QED) is 0.501. The van der Waals surface area contributed by atoms with Crippen LogP contribution >= 0.6 is 11.3 Å². The molecule has 0 aliphatic heterocycles. The molecule has 0 radical (unpaired) electrons. The molecular weight excluding hydrogens is 479 g/mol. The number of rotatable bonds is 7. The summed E-state index contributed by atoms with van der Waals surface area (Å²) in [6.45, 7) is 3.04. The first kappa shape index (κ1) is 24.7. The van der Waals surface area contributed by atoms with Crippen LogP contribution in [-0.2, 0) is 21.0 Å². The lowest BCUT2D eigenvalue weighted by Crippen LogP contribution is -2.42. The van der Waals surface area contributed by atoms with Gasteiger partial charge in [-0.05, 0) is 50.2 Å². The maximum Gasteiger partial charge on any atom is 0.417 e. The Morgan fingerprint density at radius 2 is 1.76 bits per heavy atom. The molecule has 1 unspecified atom stereocenters. The van der Waals surface area contributed by atoms with Crippen LogP contribution in [0.2, 0.25) is 0 Å². The first-order chi connectivity index (χ1) is 15.4. The molecule has 0 spiro atoms. The van der Waals surface area contributed by atoms with Crippen molar-refractivity contribution in [2.45, 2.75) is 31.0 Å². The van der Waals surface area contributed by atoms with E-state index in [9.17, 15) is 26.4 Å². The van der Waals surface area contributed by atoms with Crippen molar-refractivity contribution in [3.63, 3.8) is 0 Å². The van der Waals surface area contributed by atoms with E-state index in [0.29, 0.717) is 17.5 Å². The Kier molecular flexibility index (Phi) is 7.10. The normalized spacial score (nSPS) is 12.9. The second-order valence-corrected chi connectivity index (χ2v) is 9.86. The van der Waals surface area contributed by atoms with Gasteiger partial charge in [-0.1, -0.05) is 12.1 Å². The largest absolute Gasteiger partial charge is 0.497 e. The number of sulfonamides is 1. The summed E-state index contributed by atoms with van der Waals surface area (Å²) in [5.74, 6) is -0.0912. The van der Waals surface area contributed by atoms with Crippen LogP contribution in [0, 0.1) is 6.92 Å². The van der Waals surface area contributed by atoms with Gasteiger partial charge in [-0.25, -0.2) is 13.4 Å². The average Bonchev–Trinajstić information content (AvgIpc) is 3.12. The Morgan fingerprint density at radius 1 is 1.12 bits per heavy atom. The van der Waals surface area contributed by atoms with Crippen LogP contribution in [0.4, 0.5) is 18.3 Å². The molecule has 2 N–H and O–H groups in total. The SMILES string of the molecule is COc1ccc(-c2nc(NC(=O)C(C)NS(=O)(=O)c3ccccc3C(F)(F)F)sc2C)cc1. The second kappa shape index (κ2) is 9.49. The van der Waals surface area contributed by atoms with E-state index in [4.69, 9.17) is 4.74 Å². The van der Waals surface area contributed by atoms with E-state index >= 15 is 0 Å². The summed E-state index contributed by atoms with van der Waals surface area (Å²) in [4.78, 5) is 16.8. The van der Waals surface area contributed by atoms with Crippen LogP contribution in [0.5, 0.6) is 5.75 Å². The van der Waals surface area contributed by atoms with Gasteiger partial charge < -0.3 is 10.1 Å². The number of aromatic nitrogens is 1. The van der Waals surface area contributed by atoms with Gasteiger partial charge in [0.05, 0.1) is 29.3 Å². The van der Waals surface area contributed by atoms with Gasteiger partial charge in [0.15, 0.2) is 5.13 Å². The maximum absolute atomic E-state index is 13.2. The minimum absolute atomic E-state index is 0.227. The molecule has 1 atom stereocenters. The first-order valence-electron chi connectivity index (χ1n) is 9.53. The van der Waals surface area contributed by atoms with Crippen LogP contribution in [0.25, 0.3) is 11.3 Å². The Bertz CT molecular complexity index is 1260. The van der Waals surface area contributed by atoms with Crippen molar-refractivity contribution in [1.29, 1.82) is 0 Å². The number of alkyl halides is 3. The number of ether oxygens (including phenoxy) is 1. The molecule has 3 aromatic rings. The van der Waals surface area contributed by atoms with E-state index in [1.165, 1.54) is 24.3 Å². The lowest BCUT2D eigenvalue weighted by atomic mass is 10.1. The minimum Gasteiger partial charge on any atom is -0.497 e. The van der Waals surface area contributed by atoms with Gasteiger partial charge in [0.2, 0.25) is 15.9 Å². The predicted molar refractivity (Wildman–Crippen MR) is 119 cm³/mol.